The summed E-state index contributed by atoms with van der Waals surface area (Å²) in [5.41, 5.74) is 4.10. The number of halogens is 2. The topological polar surface area (TPSA) is 48.0 Å². The fourth-order valence-electron chi connectivity index (χ4n) is 4.30. The number of hydrogen-bond donors (Lipinski definition) is 0. The number of ketones is 1. The highest BCUT2D eigenvalue weighted by molar-refractivity contribution is 6.42. The van der Waals surface area contributed by atoms with Gasteiger partial charge in [-0.3, -0.25) is 9.69 Å². The van der Waals surface area contributed by atoms with Crippen molar-refractivity contribution in [1.82, 2.24) is 4.90 Å². The van der Waals surface area contributed by atoms with Gasteiger partial charge in [-0.25, -0.2) is 0 Å². The van der Waals surface area contributed by atoms with Crippen LogP contribution in [0.25, 0.3) is 6.08 Å². The zero-order valence-corrected chi connectivity index (χ0v) is 20.4. The largest absolute Gasteiger partial charge is 0.493 e. The second-order valence-electron chi connectivity index (χ2n) is 8.29. The number of carbonyl (C=O) groups is 1. The number of fused-ring (bicyclic) bond motifs is 3. The first kappa shape index (κ1) is 22.8. The molecule has 0 amide bonds. The average molecular weight is 496 g/mol. The predicted octanol–water partition coefficient (Wildman–Crippen LogP) is 6.67. The van der Waals surface area contributed by atoms with Crippen molar-refractivity contribution in [3.05, 3.63) is 92.2 Å². The van der Waals surface area contributed by atoms with Crippen molar-refractivity contribution in [1.29, 1.82) is 0 Å². The van der Waals surface area contributed by atoms with Crippen LogP contribution in [0.5, 0.6) is 17.2 Å². The molecule has 2 aliphatic rings. The van der Waals surface area contributed by atoms with Crippen LogP contribution >= 0.6 is 23.2 Å². The van der Waals surface area contributed by atoms with Crippen molar-refractivity contribution in [2.24, 2.45) is 0 Å². The standard InChI is InChI=1S/C27H23Cl2NO4/c1-3-32-22-7-5-4-6-18(22)12-24-26(31)25-16(2)10-23-19(27(25)34-24)14-30(15-33-23)13-17-8-9-20(28)21(29)11-17/h4-12H,3,13-15H2,1-2H3/b24-12-. The molecule has 2 aliphatic heterocycles. The van der Waals surface area contributed by atoms with Gasteiger partial charge in [0.25, 0.3) is 0 Å². The van der Waals surface area contributed by atoms with E-state index < -0.39 is 0 Å². The molecule has 0 unspecified atom stereocenters. The molecule has 0 atom stereocenters. The second-order valence-corrected chi connectivity index (χ2v) is 9.11. The first-order valence-corrected chi connectivity index (χ1v) is 11.8. The lowest BCUT2D eigenvalue weighted by molar-refractivity contribution is 0.0872. The molecule has 7 heteroatoms. The van der Waals surface area contributed by atoms with E-state index in [1.165, 1.54) is 0 Å². The van der Waals surface area contributed by atoms with Crippen LogP contribution in [0.15, 0.2) is 54.3 Å². The van der Waals surface area contributed by atoms with Crippen LogP contribution in [0.3, 0.4) is 0 Å². The van der Waals surface area contributed by atoms with Crippen molar-refractivity contribution in [3.63, 3.8) is 0 Å². The molecule has 0 bridgehead atoms. The van der Waals surface area contributed by atoms with Crippen molar-refractivity contribution < 1.29 is 19.0 Å². The summed E-state index contributed by atoms with van der Waals surface area (Å²) in [5.74, 6) is 2.16. The lowest BCUT2D eigenvalue weighted by Gasteiger charge is -2.30. The molecule has 0 aliphatic carbocycles. The number of ether oxygens (including phenoxy) is 3. The van der Waals surface area contributed by atoms with Crippen molar-refractivity contribution in [3.8, 4) is 17.2 Å². The van der Waals surface area contributed by atoms with Gasteiger partial charge in [-0.05, 0) is 55.3 Å². The molecule has 0 aromatic heterocycles. The number of allylic oxidation sites excluding steroid dienone is 1. The highest BCUT2D eigenvalue weighted by Gasteiger charge is 2.35. The third kappa shape index (κ3) is 4.27. The maximum atomic E-state index is 13.3. The highest BCUT2D eigenvalue weighted by atomic mass is 35.5. The molecule has 0 radical (unpaired) electrons. The Hall–Kier alpha value is -2.99. The van der Waals surface area contributed by atoms with Crippen molar-refractivity contribution in [2.45, 2.75) is 26.9 Å². The minimum atomic E-state index is -0.136. The molecule has 0 saturated carbocycles. The number of Topliss-reactive ketones (excluding diaryl/α,β-unsaturated/α-hetero) is 1. The number of aryl methyl sites for hydroxylation is 1. The molecule has 3 aromatic rings. The molecular formula is C27H23Cl2NO4. The maximum absolute atomic E-state index is 13.3. The fraction of sp³-hybridized carbons (Fsp3) is 0.222. The van der Waals surface area contributed by atoms with Gasteiger partial charge in [-0.15, -0.1) is 0 Å². The zero-order valence-electron chi connectivity index (χ0n) is 18.9. The van der Waals surface area contributed by atoms with Gasteiger partial charge in [-0.2, -0.15) is 0 Å². The van der Waals surface area contributed by atoms with Crippen LogP contribution in [0.2, 0.25) is 10.0 Å². The van der Waals surface area contributed by atoms with Crippen LogP contribution in [-0.4, -0.2) is 24.0 Å². The molecule has 0 N–H and O–H groups in total. The first-order chi connectivity index (χ1) is 16.4. The Morgan fingerprint density at radius 2 is 1.94 bits per heavy atom. The Labute approximate surface area is 208 Å². The molecule has 3 aromatic carbocycles. The number of hydrogen-bond acceptors (Lipinski definition) is 5. The third-order valence-electron chi connectivity index (χ3n) is 5.88. The van der Waals surface area contributed by atoms with E-state index in [4.69, 9.17) is 37.4 Å². The van der Waals surface area contributed by atoms with Gasteiger partial charge in [0.05, 0.1) is 27.8 Å². The molecule has 2 heterocycles. The Balaban J connectivity index is 1.45. The molecule has 5 nitrogen and oxygen atoms in total. The van der Waals surface area contributed by atoms with Crippen LogP contribution in [-0.2, 0) is 13.1 Å². The minimum absolute atomic E-state index is 0.136. The SMILES string of the molecule is CCOc1ccccc1/C=C1\Oc2c3c(cc(C)c2C1=O)OCN(Cc1ccc(Cl)c(Cl)c1)C3. The molecule has 0 fully saturated rings. The first-order valence-electron chi connectivity index (χ1n) is 11.1. The highest BCUT2D eigenvalue weighted by Crippen LogP contribution is 2.44. The van der Waals surface area contributed by atoms with E-state index in [1.807, 2.05) is 56.3 Å². The van der Waals surface area contributed by atoms with E-state index in [0.717, 1.165) is 28.0 Å². The monoisotopic (exact) mass is 495 g/mol. The van der Waals surface area contributed by atoms with Crippen molar-refractivity contribution in [2.75, 3.05) is 13.3 Å². The molecule has 174 valence electrons. The van der Waals surface area contributed by atoms with E-state index in [2.05, 4.69) is 4.90 Å². The summed E-state index contributed by atoms with van der Waals surface area (Å²) < 4.78 is 17.9. The Morgan fingerprint density at radius 3 is 2.74 bits per heavy atom. The number of benzene rings is 3. The quantitative estimate of drug-likeness (QED) is 0.370. The van der Waals surface area contributed by atoms with Crippen LogP contribution < -0.4 is 14.2 Å². The van der Waals surface area contributed by atoms with E-state index in [1.54, 1.807) is 12.1 Å². The predicted molar refractivity (Wildman–Crippen MR) is 133 cm³/mol. The third-order valence-corrected chi connectivity index (χ3v) is 6.62. The lowest BCUT2D eigenvalue weighted by Crippen LogP contribution is -2.31. The normalized spacial score (nSPS) is 16.1. The summed E-state index contributed by atoms with van der Waals surface area (Å²) in [6.45, 7) is 5.99. The smallest absolute Gasteiger partial charge is 0.232 e. The van der Waals surface area contributed by atoms with Gasteiger partial charge in [0.2, 0.25) is 5.78 Å². The molecule has 0 saturated heterocycles. The number of para-hydroxylation sites is 1. The van der Waals surface area contributed by atoms with Crippen molar-refractivity contribution >= 4 is 35.1 Å². The van der Waals surface area contributed by atoms with Crippen LogP contribution in [0.4, 0.5) is 0 Å². The minimum Gasteiger partial charge on any atom is -0.493 e. The maximum Gasteiger partial charge on any atom is 0.232 e. The van der Waals surface area contributed by atoms with Gasteiger partial charge in [-0.1, -0.05) is 47.5 Å². The Kier molecular flexibility index (Phi) is 6.26. The zero-order chi connectivity index (χ0) is 23.8. The van der Waals surface area contributed by atoms with Crippen LogP contribution in [0, 0.1) is 6.92 Å². The molecular weight excluding hydrogens is 473 g/mol. The molecule has 0 spiro atoms. The van der Waals surface area contributed by atoms with Crippen LogP contribution in [0.1, 0.15) is 39.5 Å². The average Bonchev–Trinajstić information content (AvgIpc) is 3.15. The fourth-order valence-corrected chi connectivity index (χ4v) is 4.62. The number of nitrogens with zero attached hydrogens (tertiary/aromatic N) is 1. The summed E-state index contributed by atoms with van der Waals surface area (Å²) >= 11 is 12.2. The van der Waals surface area contributed by atoms with E-state index in [-0.39, 0.29) is 11.5 Å². The van der Waals surface area contributed by atoms with E-state index >= 15 is 0 Å². The second kappa shape index (κ2) is 9.34. The summed E-state index contributed by atoms with van der Waals surface area (Å²) in [7, 11) is 0. The lowest BCUT2D eigenvalue weighted by atomic mass is 9.98. The van der Waals surface area contributed by atoms with Gasteiger partial charge < -0.3 is 14.2 Å². The molecule has 34 heavy (non-hydrogen) atoms. The van der Waals surface area contributed by atoms with Gasteiger partial charge in [0.15, 0.2) is 5.76 Å². The van der Waals surface area contributed by atoms with Gasteiger partial charge in [0.1, 0.15) is 24.0 Å². The number of carbonyl (C=O) groups excluding carboxylic acids is 1. The summed E-state index contributed by atoms with van der Waals surface area (Å²) in [6, 6.07) is 15.1. The summed E-state index contributed by atoms with van der Waals surface area (Å²) in [5, 5.41) is 1.04. The Morgan fingerprint density at radius 1 is 1.12 bits per heavy atom. The summed E-state index contributed by atoms with van der Waals surface area (Å²) in [4.78, 5) is 15.4. The van der Waals surface area contributed by atoms with E-state index in [0.29, 0.717) is 53.5 Å². The summed E-state index contributed by atoms with van der Waals surface area (Å²) in [6.07, 6.45) is 1.75. The molecule has 5 rings (SSSR count). The Bertz CT molecular complexity index is 1320. The number of rotatable bonds is 5. The van der Waals surface area contributed by atoms with Gasteiger partial charge in [0, 0.05) is 18.7 Å². The van der Waals surface area contributed by atoms with E-state index in [9.17, 15) is 4.79 Å². The van der Waals surface area contributed by atoms with Gasteiger partial charge >= 0.3 is 0 Å².